The zero-order chi connectivity index (χ0) is 11.5. The molecule has 16 heavy (non-hydrogen) atoms. The van der Waals surface area contributed by atoms with Crippen LogP contribution in [0.4, 0.5) is 4.79 Å². The SMILES string of the molecule is CCOC(=O)Oc1ccc2nnn(O)c2c1. The lowest BCUT2D eigenvalue weighted by molar-refractivity contribution is 0.104. The number of hydrogen-bond acceptors (Lipinski definition) is 6. The van der Waals surface area contributed by atoms with Crippen molar-refractivity contribution in [2.75, 3.05) is 6.61 Å². The minimum atomic E-state index is -0.793. The maximum atomic E-state index is 11.0. The average Bonchev–Trinajstić information content (AvgIpc) is 2.61. The number of aromatic nitrogens is 3. The molecule has 0 aliphatic carbocycles. The van der Waals surface area contributed by atoms with Gasteiger partial charge in [0, 0.05) is 6.07 Å². The Morgan fingerprint density at radius 1 is 1.56 bits per heavy atom. The van der Waals surface area contributed by atoms with Crippen molar-refractivity contribution in [3.8, 4) is 5.75 Å². The molecule has 0 atom stereocenters. The van der Waals surface area contributed by atoms with E-state index in [4.69, 9.17) is 4.74 Å². The van der Waals surface area contributed by atoms with Gasteiger partial charge in [0.2, 0.25) is 0 Å². The minimum Gasteiger partial charge on any atom is -0.434 e. The van der Waals surface area contributed by atoms with E-state index in [1.54, 1.807) is 13.0 Å². The average molecular weight is 223 g/mol. The third-order valence-corrected chi connectivity index (χ3v) is 1.86. The van der Waals surface area contributed by atoms with Gasteiger partial charge in [-0.1, -0.05) is 4.85 Å². The first-order valence-corrected chi connectivity index (χ1v) is 4.60. The van der Waals surface area contributed by atoms with Crippen molar-refractivity contribution in [1.82, 2.24) is 15.2 Å². The number of nitrogens with zero attached hydrogens (tertiary/aromatic N) is 3. The Bertz CT molecular complexity index is 522. The predicted molar refractivity (Wildman–Crippen MR) is 52.4 cm³/mol. The molecule has 0 aliphatic heterocycles. The van der Waals surface area contributed by atoms with E-state index in [1.165, 1.54) is 12.1 Å². The highest BCUT2D eigenvalue weighted by Gasteiger charge is 2.08. The molecule has 1 aromatic heterocycles. The van der Waals surface area contributed by atoms with Crippen molar-refractivity contribution in [2.45, 2.75) is 6.92 Å². The number of rotatable bonds is 2. The molecule has 0 fully saturated rings. The van der Waals surface area contributed by atoms with E-state index in [9.17, 15) is 10.0 Å². The molecule has 2 rings (SSSR count). The lowest BCUT2D eigenvalue weighted by Gasteiger charge is -2.03. The Labute approximate surface area is 90.1 Å². The monoisotopic (exact) mass is 223 g/mol. The van der Waals surface area contributed by atoms with Crippen LogP contribution in [-0.4, -0.2) is 33.1 Å². The highest BCUT2D eigenvalue weighted by Crippen LogP contribution is 2.18. The van der Waals surface area contributed by atoms with Gasteiger partial charge in [0.15, 0.2) is 0 Å². The van der Waals surface area contributed by atoms with Gasteiger partial charge in [-0.05, 0) is 24.3 Å². The van der Waals surface area contributed by atoms with Crippen LogP contribution in [0, 0.1) is 0 Å². The fraction of sp³-hybridized carbons (Fsp3) is 0.222. The molecule has 0 amide bonds. The van der Waals surface area contributed by atoms with E-state index in [1.807, 2.05) is 0 Å². The van der Waals surface area contributed by atoms with Crippen LogP contribution in [0.25, 0.3) is 11.0 Å². The molecule has 0 saturated carbocycles. The van der Waals surface area contributed by atoms with E-state index >= 15 is 0 Å². The second kappa shape index (κ2) is 4.05. The fourth-order valence-electron chi connectivity index (χ4n) is 1.19. The summed E-state index contributed by atoms with van der Waals surface area (Å²) in [4.78, 5) is 11.6. The van der Waals surface area contributed by atoms with Crippen LogP contribution in [0.5, 0.6) is 5.75 Å². The normalized spacial score (nSPS) is 10.3. The smallest absolute Gasteiger partial charge is 0.434 e. The lowest BCUT2D eigenvalue weighted by Crippen LogP contribution is -2.09. The van der Waals surface area contributed by atoms with E-state index in [2.05, 4.69) is 15.0 Å². The molecule has 0 radical (unpaired) electrons. The topological polar surface area (TPSA) is 86.5 Å². The van der Waals surface area contributed by atoms with Crippen molar-refractivity contribution in [3.63, 3.8) is 0 Å². The summed E-state index contributed by atoms with van der Waals surface area (Å²) in [6.45, 7) is 1.91. The van der Waals surface area contributed by atoms with Crippen LogP contribution >= 0.6 is 0 Å². The minimum absolute atomic E-state index is 0.237. The Hall–Kier alpha value is -2.31. The molecule has 1 aromatic carbocycles. The Kier molecular flexibility index (Phi) is 2.59. The molecule has 7 nitrogen and oxygen atoms in total. The van der Waals surface area contributed by atoms with Gasteiger partial charge >= 0.3 is 6.16 Å². The lowest BCUT2D eigenvalue weighted by atomic mass is 10.3. The van der Waals surface area contributed by atoms with Crippen LogP contribution in [0.1, 0.15) is 6.92 Å². The number of fused-ring (bicyclic) bond motifs is 1. The van der Waals surface area contributed by atoms with E-state index in [-0.39, 0.29) is 12.4 Å². The third kappa shape index (κ3) is 1.88. The number of benzene rings is 1. The molecule has 84 valence electrons. The van der Waals surface area contributed by atoms with Crippen LogP contribution in [0.3, 0.4) is 0 Å². The van der Waals surface area contributed by atoms with Crippen molar-refractivity contribution in [3.05, 3.63) is 18.2 Å². The quantitative estimate of drug-likeness (QED) is 0.467. The molecular formula is C9H9N3O4. The van der Waals surface area contributed by atoms with Gasteiger partial charge in [-0.25, -0.2) is 4.79 Å². The van der Waals surface area contributed by atoms with Gasteiger partial charge in [0.1, 0.15) is 16.8 Å². The van der Waals surface area contributed by atoms with Crippen LogP contribution in [0.2, 0.25) is 0 Å². The van der Waals surface area contributed by atoms with Crippen molar-refractivity contribution < 1.29 is 19.5 Å². The van der Waals surface area contributed by atoms with E-state index in [0.717, 1.165) is 0 Å². The highest BCUT2D eigenvalue weighted by molar-refractivity contribution is 5.76. The highest BCUT2D eigenvalue weighted by atomic mass is 16.7. The summed E-state index contributed by atoms with van der Waals surface area (Å²) in [5, 5.41) is 16.3. The van der Waals surface area contributed by atoms with Crippen molar-refractivity contribution in [1.29, 1.82) is 0 Å². The first-order chi connectivity index (χ1) is 7.70. The van der Waals surface area contributed by atoms with Gasteiger partial charge in [-0.3, -0.25) is 0 Å². The largest absolute Gasteiger partial charge is 0.513 e. The zero-order valence-electron chi connectivity index (χ0n) is 8.45. The Morgan fingerprint density at radius 3 is 3.12 bits per heavy atom. The summed E-state index contributed by atoms with van der Waals surface area (Å²) >= 11 is 0. The summed E-state index contributed by atoms with van der Waals surface area (Å²) in [6, 6.07) is 4.55. The zero-order valence-corrected chi connectivity index (χ0v) is 8.45. The third-order valence-electron chi connectivity index (χ3n) is 1.86. The molecule has 0 unspecified atom stereocenters. The number of ether oxygens (including phenoxy) is 2. The molecule has 0 spiro atoms. The summed E-state index contributed by atoms with van der Waals surface area (Å²) in [5.74, 6) is 0.253. The second-order valence-corrected chi connectivity index (χ2v) is 2.91. The van der Waals surface area contributed by atoms with Gasteiger partial charge in [-0.2, -0.15) is 0 Å². The van der Waals surface area contributed by atoms with Crippen molar-refractivity contribution >= 4 is 17.2 Å². The molecule has 7 heteroatoms. The predicted octanol–water partition coefficient (Wildman–Crippen LogP) is 1.20. The van der Waals surface area contributed by atoms with Gasteiger partial charge in [0.25, 0.3) is 0 Å². The van der Waals surface area contributed by atoms with Crippen LogP contribution in [0.15, 0.2) is 18.2 Å². The maximum Gasteiger partial charge on any atom is 0.513 e. The van der Waals surface area contributed by atoms with Gasteiger partial charge < -0.3 is 14.7 Å². The molecule has 1 heterocycles. The van der Waals surface area contributed by atoms with Gasteiger partial charge in [-0.15, -0.1) is 5.10 Å². The first-order valence-electron chi connectivity index (χ1n) is 4.60. The van der Waals surface area contributed by atoms with Crippen LogP contribution < -0.4 is 4.74 Å². The number of hydrogen-bond donors (Lipinski definition) is 1. The molecule has 0 aliphatic rings. The summed E-state index contributed by atoms with van der Waals surface area (Å²) < 4.78 is 9.45. The second-order valence-electron chi connectivity index (χ2n) is 2.91. The molecule has 0 saturated heterocycles. The standard InChI is InChI=1S/C9H9N3O4/c1-2-15-9(13)16-6-3-4-7-8(5-6)12(14)11-10-7/h3-5,14H,2H2,1H3. The Morgan fingerprint density at radius 2 is 2.38 bits per heavy atom. The van der Waals surface area contributed by atoms with Crippen LogP contribution in [-0.2, 0) is 4.74 Å². The summed E-state index contributed by atoms with van der Waals surface area (Å²) in [6.07, 6.45) is -0.793. The van der Waals surface area contributed by atoms with Crippen molar-refractivity contribution in [2.24, 2.45) is 0 Å². The number of carbonyl (C=O) groups excluding carboxylic acids is 1. The summed E-state index contributed by atoms with van der Waals surface area (Å²) in [7, 11) is 0. The molecular weight excluding hydrogens is 214 g/mol. The Balaban J connectivity index is 2.25. The fourth-order valence-corrected chi connectivity index (χ4v) is 1.19. The van der Waals surface area contributed by atoms with E-state index in [0.29, 0.717) is 15.9 Å². The maximum absolute atomic E-state index is 11.0. The number of carbonyl (C=O) groups is 1. The van der Waals surface area contributed by atoms with E-state index < -0.39 is 6.16 Å². The first kappa shape index (κ1) is 10.2. The molecule has 0 bridgehead atoms. The molecule has 2 aromatic rings. The summed E-state index contributed by atoms with van der Waals surface area (Å²) in [5.41, 5.74) is 0.848. The molecule has 1 N–H and O–H groups in total. The van der Waals surface area contributed by atoms with Gasteiger partial charge in [0.05, 0.1) is 6.61 Å².